The molecule has 7 heteroatoms. The van der Waals surface area contributed by atoms with E-state index in [4.69, 9.17) is 9.72 Å². The fraction of sp³-hybridized carbons (Fsp3) is 0.308. The third kappa shape index (κ3) is 6.15. The van der Waals surface area contributed by atoms with Crippen LogP contribution in [0.1, 0.15) is 17.8 Å². The Hall–Kier alpha value is -2.84. The number of methoxy groups -OCH3 is 1. The third-order valence-corrected chi connectivity index (χ3v) is 6.43. The van der Waals surface area contributed by atoms with E-state index in [1.165, 1.54) is 11.3 Å². The van der Waals surface area contributed by atoms with Crippen molar-refractivity contribution in [3.05, 3.63) is 87.8 Å². The second kappa shape index (κ2) is 11.3. The predicted octanol–water partition coefficient (Wildman–Crippen LogP) is 4.09. The maximum atomic E-state index is 13.0. The van der Waals surface area contributed by atoms with E-state index in [1.54, 1.807) is 7.11 Å². The second-order valence-electron chi connectivity index (χ2n) is 8.13. The third-order valence-electron chi connectivity index (χ3n) is 5.56. The Labute approximate surface area is 197 Å². The van der Waals surface area contributed by atoms with E-state index < -0.39 is 6.10 Å². The smallest absolute Gasteiger partial charge is 0.260 e. The van der Waals surface area contributed by atoms with Crippen LogP contribution in [0.4, 0.5) is 0 Å². The average Bonchev–Trinajstić information content (AvgIpc) is 3.25. The fourth-order valence-electron chi connectivity index (χ4n) is 4.03. The van der Waals surface area contributed by atoms with Gasteiger partial charge in [0.2, 0.25) is 0 Å². The van der Waals surface area contributed by atoms with Gasteiger partial charge in [0.25, 0.3) is 5.56 Å². The molecule has 0 radical (unpaired) electrons. The summed E-state index contributed by atoms with van der Waals surface area (Å²) in [5.74, 6) is 0.610. The summed E-state index contributed by atoms with van der Waals surface area (Å²) in [5.41, 5.74) is 2.89. The molecule has 4 rings (SSSR count). The van der Waals surface area contributed by atoms with Crippen LogP contribution < -0.4 is 5.56 Å². The van der Waals surface area contributed by atoms with Gasteiger partial charge in [-0.05, 0) is 24.0 Å². The summed E-state index contributed by atoms with van der Waals surface area (Å²) in [4.78, 5) is 23.6. The number of ether oxygens (including phenoxy) is 1. The van der Waals surface area contributed by atoms with E-state index >= 15 is 0 Å². The molecule has 0 amide bonds. The largest absolute Gasteiger partial charge is 0.391 e. The first-order valence-electron chi connectivity index (χ1n) is 11.1. The summed E-state index contributed by atoms with van der Waals surface area (Å²) in [5, 5.41) is 13.3. The number of hydrogen-bond donors (Lipinski definition) is 2. The molecule has 0 fully saturated rings. The zero-order valence-electron chi connectivity index (χ0n) is 18.7. The van der Waals surface area contributed by atoms with Crippen molar-refractivity contribution >= 4 is 21.6 Å². The van der Waals surface area contributed by atoms with E-state index in [2.05, 4.69) is 9.88 Å². The predicted molar refractivity (Wildman–Crippen MR) is 134 cm³/mol. The van der Waals surface area contributed by atoms with Crippen LogP contribution in [0.25, 0.3) is 21.3 Å². The lowest BCUT2D eigenvalue weighted by molar-refractivity contribution is 0.0980. The molecule has 0 aliphatic heterocycles. The second-order valence-corrected chi connectivity index (χ2v) is 8.99. The fourth-order valence-corrected chi connectivity index (χ4v) is 4.99. The van der Waals surface area contributed by atoms with E-state index in [0.717, 1.165) is 34.5 Å². The molecule has 0 aliphatic carbocycles. The van der Waals surface area contributed by atoms with Gasteiger partial charge in [-0.25, -0.2) is 4.98 Å². The first kappa shape index (κ1) is 23.3. The molecule has 2 aromatic carbocycles. The molecule has 0 aliphatic rings. The molecule has 2 aromatic heterocycles. The number of H-pyrrole nitrogens is 1. The van der Waals surface area contributed by atoms with Gasteiger partial charge in [-0.1, -0.05) is 60.7 Å². The number of benzene rings is 2. The number of thiophene rings is 1. The first-order valence-corrected chi connectivity index (χ1v) is 12.0. The minimum atomic E-state index is -0.517. The van der Waals surface area contributed by atoms with Crippen LogP contribution in [0.3, 0.4) is 0 Å². The van der Waals surface area contributed by atoms with Crippen LogP contribution in [-0.4, -0.2) is 52.9 Å². The number of aliphatic hydroxyl groups excluding tert-OH is 1. The van der Waals surface area contributed by atoms with Gasteiger partial charge >= 0.3 is 0 Å². The monoisotopic (exact) mass is 463 g/mol. The summed E-state index contributed by atoms with van der Waals surface area (Å²) in [6, 6.07) is 19.9. The molecule has 33 heavy (non-hydrogen) atoms. The van der Waals surface area contributed by atoms with Gasteiger partial charge in [0.05, 0.1) is 18.0 Å². The van der Waals surface area contributed by atoms with Crippen LogP contribution in [0.2, 0.25) is 0 Å². The number of aromatic amines is 1. The Morgan fingerprint density at radius 1 is 1.12 bits per heavy atom. The number of fused-ring (bicyclic) bond motifs is 1. The zero-order chi connectivity index (χ0) is 23.0. The molecule has 2 heterocycles. The van der Waals surface area contributed by atoms with Crippen molar-refractivity contribution in [2.24, 2.45) is 0 Å². The molecule has 2 N–H and O–H groups in total. The molecule has 0 saturated carbocycles. The number of nitrogens with one attached hydrogen (secondary N) is 1. The Kier molecular flexibility index (Phi) is 8.01. The molecule has 0 unspecified atom stereocenters. The van der Waals surface area contributed by atoms with Crippen LogP contribution in [-0.2, 0) is 17.7 Å². The molecule has 172 valence electrons. The SMILES string of the molecule is COCCCN(Cc1nc2scc(-c3ccccc3)c2c(=O)[nH]1)C[C@H](O)Cc1ccccc1. The topological polar surface area (TPSA) is 78.5 Å². The van der Waals surface area contributed by atoms with Crippen molar-refractivity contribution in [1.29, 1.82) is 0 Å². The highest BCUT2D eigenvalue weighted by atomic mass is 32.1. The number of nitrogens with zero attached hydrogens (tertiary/aromatic N) is 2. The Bertz CT molecular complexity index is 1210. The number of aliphatic hydroxyl groups is 1. The summed E-state index contributed by atoms with van der Waals surface area (Å²) < 4.78 is 5.20. The Morgan fingerprint density at radius 3 is 2.58 bits per heavy atom. The minimum Gasteiger partial charge on any atom is -0.391 e. The molecule has 1 atom stereocenters. The van der Waals surface area contributed by atoms with Gasteiger partial charge in [-0.3, -0.25) is 9.69 Å². The highest BCUT2D eigenvalue weighted by Gasteiger charge is 2.17. The maximum Gasteiger partial charge on any atom is 0.260 e. The zero-order valence-corrected chi connectivity index (χ0v) is 19.6. The molecular weight excluding hydrogens is 434 g/mol. The summed E-state index contributed by atoms with van der Waals surface area (Å²) >= 11 is 1.48. The van der Waals surface area contributed by atoms with Gasteiger partial charge < -0.3 is 14.8 Å². The van der Waals surface area contributed by atoms with Crippen molar-refractivity contribution in [2.75, 3.05) is 26.8 Å². The molecular formula is C26H29N3O3S. The van der Waals surface area contributed by atoms with E-state index in [0.29, 0.717) is 37.3 Å². The van der Waals surface area contributed by atoms with Crippen LogP contribution in [0, 0.1) is 0 Å². The van der Waals surface area contributed by atoms with Gasteiger partial charge in [0, 0.05) is 37.7 Å². The number of aromatic nitrogens is 2. The number of hydrogen-bond acceptors (Lipinski definition) is 6. The van der Waals surface area contributed by atoms with E-state index in [1.807, 2.05) is 66.0 Å². The van der Waals surface area contributed by atoms with Crippen molar-refractivity contribution in [3.63, 3.8) is 0 Å². The summed E-state index contributed by atoms with van der Waals surface area (Å²) in [6.45, 7) is 2.32. The van der Waals surface area contributed by atoms with E-state index in [-0.39, 0.29) is 5.56 Å². The molecule has 4 aromatic rings. The van der Waals surface area contributed by atoms with E-state index in [9.17, 15) is 9.90 Å². The van der Waals surface area contributed by atoms with Crippen molar-refractivity contribution in [2.45, 2.75) is 25.5 Å². The lowest BCUT2D eigenvalue weighted by Gasteiger charge is -2.24. The standard InChI is InChI=1S/C26H29N3O3S/c1-32-14-8-13-29(16-21(30)15-19-9-4-2-5-10-19)17-23-27-25(31)24-22(18-33-26(24)28-23)20-11-6-3-7-12-20/h2-7,9-12,18,21,30H,8,13-17H2,1H3,(H,27,28,31)/t21-/m1/s1. The summed E-state index contributed by atoms with van der Waals surface area (Å²) in [7, 11) is 1.68. The van der Waals surface area contributed by atoms with Gasteiger partial charge in [-0.15, -0.1) is 11.3 Å². The van der Waals surface area contributed by atoms with Gasteiger partial charge in [0.1, 0.15) is 10.7 Å². The molecule has 0 bridgehead atoms. The highest BCUT2D eigenvalue weighted by Crippen LogP contribution is 2.30. The molecule has 6 nitrogen and oxygen atoms in total. The summed E-state index contributed by atoms with van der Waals surface area (Å²) in [6.07, 6.45) is 0.894. The lowest BCUT2D eigenvalue weighted by atomic mass is 10.1. The lowest BCUT2D eigenvalue weighted by Crippen LogP contribution is -2.35. The number of rotatable bonds is 11. The van der Waals surface area contributed by atoms with Crippen molar-refractivity contribution < 1.29 is 9.84 Å². The van der Waals surface area contributed by atoms with Crippen LogP contribution in [0.5, 0.6) is 0 Å². The average molecular weight is 464 g/mol. The first-order chi connectivity index (χ1) is 16.1. The van der Waals surface area contributed by atoms with Gasteiger partial charge in [-0.2, -0.15) is 0 Å². The van der Waals surface area contributed by atoms with Crippen LogP contribution in [0.15, 0.2) is 70.8 Å². The quantitative estimate of drug-likeness (QED) is 0.328. The van der Waals surface area contributed by atoms with Crippen molar-refractivity contribution in [3.8, 4) is 11.1 Å². The Morgan fingerprint density at radius 2 is 1.85 bits per heavy atom. The normalized spacial score (nSPS) is 12.5. The highest BCUT2D eigenvalue weighted by molar-refractivity contribution is 7.17. The minimum absolute atomic E-state index is 0.128. The van der Waals surface area contributed by atoms with Crippen molar-refractivity contribution in [1.82, 2.24) is 14.9 Å². The molecule has 0 spiro atoms. The Balaban J connectivity index is 1.52. The van der Waals surface area contributed by atoms with Crippen LogP contribution >= 0.6 is 11.3 Å². The van der Waals surface area contributed by atoms with Gasteiger partial charge in [0.15, 0.2) is 0 Å². The maximum absolute atomic E-state index is 13.0. The molecule has 0 saturated heterocycles.